The Morgan fingerprint density at radius 3 is 2.11 bits per heavy atom. The van der Waals surface area contributed by atoms with Gasteiger partial charge in [-0.1, -0.05) is 77.1 Å². The van der Waals surface area contributed by atoms with Gasteiger partial charge in [-0.2, -0.15) is 0 Å². The zero-order chi connectivity index (χ0) is 24.7. The molecule has 3 rings (SSSR count). The summed E-state index contributed by atoms with van der Waals surface area (Å²) < 4.78 is 12.6. The van der Waals surface area contributed by atoms with Crippen molar-refractivity contribution in [2.75, 3.05) is 39.5 Å². The fraction of sp³-hybridized carbons (Fsp3) is 0.600. The molecule has 1 aliphatic rings. The molecule has 0 spiro atoms. The molecule has 1 atom stereocenters. The van der Waals surface area contributed by atoms with Crippen LogP contribution in [0.4, 0.5) is 0 Å². The third-order valence-corrected chi connectivity index (χ3v) is 6.89. The predicted molar refractivity (Wildman–Crippen MR) is 140 cm³/mol. The van der Waals surface area contributed by atoms with Crippen LogP contribution in [0.3, 0.4) is 0 Å². The third-order valence-electron chi connectivity index (χ3n) is 6.89. The first-order chi connectivity index (χ1) is 16.1. The number of aliphatic hydroxyl groups excluding tert-OH is 1. The van der Waals surface area contributed by atoms with Gasteiger partial charge in [-0.05, 0) is 34.9 Å². The molecule has 2 aromatic carbocycles. The molecule has 35 heavy (non-hydrogen) atoms. The second kappa shape index (κ2) is 13.1. The summed E-state index contributed by atoms with van der Waals surface area (Å²) in [6, 6.07) is 19.1. The van der Waals surface area contributed by atoms with Crippen LogP contribution in [0.1, 0.15) is 65.0 Å². The standard InChI is InChI=1S/C30H46NO3.ClH/c1-29(2,3)24-30(4,5)26-13-15-28(16-14-26)34-20-19-33-23-27(32)22-31(17-9-10-18-31)21-25-11-7-6-8-12-25;/h6-8,11-16,27,32H,9-10,17-24H2,1-5H3;1H/q+1;/p-1. The minimum atomic E-state index is -0.453. The number of rotatable bonds is 12. The van der Waals surface area contributed by atoms with Crippen molar-refractivity contribution in [1.82, 2.24) is 0 Å². The van der Waals surface area contributed by atoms with Crippen molar-refractivity contribution >= 4 is 0 Å². The van der Waals surface area contributed by atoms with E-state index in [4.69, 9.17) is 9.47 Å². The Hall–Kier alpha value is -1.59. The smallest absolute Gasteiger partial charge is 0.126 e. The van der Waals surface area contributed by atoms with Crippen LogP contribution in [0.25, 0.3) is 0 Å². The highest BCUT2D eigenvalue weighted by Crippen LogP contribution is 2.36. The molecule has 0 saturated carbocycles. The molecule has 1 N–H and O–H groups in total. The van der Waals surface area contributed by atoms with Gasteiger partial charge >= 0.3 is 0 Å². The maximum absolute atomic E-state index is 10.7. The molecule has 5 heteroatoms. The Balaban J connectivity index is 0.00000432. The predicted octanol–water partition coefficient (Wildman–Crippen LogP) is 2.97. The Bertz CT molecular complexity index is 855. The molecule has 0 radical (unpaired) electrons. The maximum Gasteiger partial charge on any atom is 0.126 e. The van der Waals surface area contributed by atoms with Crippen molar-refractivity contribution in [2.24, 2.45) is 5.41 Å². The number of hydrogen-bond acceptors (Lipinski definition) is 3. The van der Waals surface area contributed by atoms with Crippen molar-refractivity contribution in [3.05, 3.63) is 65.7 Å². The van der Waals surface area contributed by atoms with Crippen molar-refractivity contribution in [3.8, 4) is 5.75 Å². The summed E-state index contributed by atoms with van der Waals surface area (Å²) in [5, 5.41) is 10.7. The van der Waals surface area contributed by atoms with Gasteiger partial charge in [0, 0.05) is 18.4 Å². The van der Waals surface area contributed by atoms with Crippen LogP contribution in [-0.2, 0) is 16.7 Å². The molecule has 0 aromatic heterocycles. The number of quaternary nitrogens is 1. The molecule has 4 nitrogen and oxygen atoms in total. The minimum absolute atomic E-state index is 0. The van der Waals surface area contributed by atoms with E-state index < -0.39 is 6.10 Å². The molecule has 1 aliphatic heterocycles. The summed E-state index contributed by atoms with van der Waals surface area (Å²) in [4.78, 5) is 0. The van der Waals surface area contributed by atoms with Gasteiger partial charge in [0.1, 0.15) is 31.5 Å². The number of hydrogen-bond donors (Lipinski definition) is 1. The molecule has 2 aromatic rings. The number of likely N-dealkylation sites (tertiary alicyclic amines) is 1. The van der Waals surface area contributed by atoms with E-state index in [2.05, 4.69) is 89.2 Å². The van der Waals surface area contributed by atoms with Crippen LogP contribution in [0.2, 0.25) is 0 Å². The van der Waals surface area contributed by atoms with E-state index in [0.29, 0.717) is 25.2 Å². The summed E-state index contributed by atoms with van der Waals surface area (Å²) in [5.74, 6) is 0.865. The van der Waals surface area contributed by atoms with Gasteiger partial charge in [-0.15, -0.1) is 0 Å². The summed E-state index contributed by atoms with van der Waals surface area (Å²) in [6.07, 6.45) is 3.15. The largest absolute Gasteiger partial charge is 1.00 e. The summed E-state index contributed by atoms with van der Waals surface area (Å²) >= 11 is 0. The first-order valence-corrected chi connectivity index (χ1v) is 13.0. The first-order valence-electron chi connectivity index (χ1n) is 13.0. The topological polar surface area (TPSA) is 38.7 Å². The van der Waals surface area contributed by atoms with Crippen LogP contribution >= 0.6 is 0 Å². The van der Waals surface area contributed by atoms with E-state index in [1.165, 1.54) is 24.0 Å². The lowest BCUT2D eigenvalue weighted by Gasteiger charge is -2.36. The lowest BCUT2D eigenvalue weighted by atomic mass is 9.72. The molecule has 1 fully saturated rings. The Labute approximate surface area is 219 Å². The molecule has 196 valence electrons. The molecule has 0 amide bonds. The highest BCUT2D eigenvalue weighted by atomic mass is 35.5. The van der Waals surface area contributed by atoms with E-state index in [9.17, 15) is 5.11 Å². The first kappa shape index (κ1) is 29.6. The highest BCUT2D eigenvalue weighted by Gasteiger charge is 2.34. The Morgan fingerprint density at radius 1 is 0.886 bits per heavy atom. The zero-order valence-electron chi connectivity index (χ0n) is 22.4. The lowest BCUT2D eigenvalue weighted by molar-refractivity contribution is -0.932. The van der Waals surface area contributed by atoms with Crippen LogP contribution < -0.4 is 17.1 Å². The fourth-order valence-electron chi connectivity index (χ4n) is 5.75. The zero-order valence-corrected chi connectivity index (χ0v) is 23.2. The Morgan fingerprint density at radius 2 is 1.51 bits per heavy atom. The van der Waals surface area contributed by atoms with E-state index in [0.717, 1.165) is 42.8 Å². The number of nitrogens with zero attached hydrogens (tertiary/aromatic N) is 1. The quantitative estimate of drug-likeness (QED) is 0.357. The van der Waals surface area contributed by atoms with Gasteiger partial charge < -0.3 is 31.5 Å². The van der Waals surface area contributed by atoms with Gasteiger partial charge in [0.25, 0.3) is 0 Å². The van der Waals surface area contributed by atoms with Crippen LogP contribution in [0, 0.1) is 5.41 Å². The van der Waals surface area contributed by atoms with Gasteiger partial charge in [0.05, 0.1) is 26.3 Å². The second-order valence-corrected chi connectivity index (χ2v) is 12.0. The third kappa shape index (κ3) is 9.76. The molecule has 0 bridgehead atoms. The lowest BCUT2D eigenvalue weighted by Crippen LogP contribution is -3.00. The van der Waals surface area contributed by atoms with E-state index in [-0.39, 0.29) is 17.8 Å². The van der Waals surface area contributed by atoms with Crippen LogP contribution in [0.5, 0.6) is 5.75 Å². The Kier molecular flexibility index (Phi) is 11.1. The van der Waals surface area contributed by atoms with Crippen molar-refractivity contribution in [1.29, 1.82) is 0 Å². The average Bonchev–Trinajstić information content (AvgIpc) is 3.20. The van der Waals surface area contributed by atoms with Gasteiger partial charge in [0.15, 0.2) is 0 Å². The van der Waals surface area contributed by atoms with Gasteiger partial charge in [-0.25, -0.2) is 0 Å². The summed E-state index contributed by atoms with van der Waals surface area (Å²) in [6.45, 7) is 16.8. The molecular formula is C30H46ClNO3. The molecule has 0 aliphatic carbocycles. The number of benzene rings is 2. The summed E-state index contributed by atoms with van der Waals surface area (Å²) in [7, 11) is 0. The average molecular weight is 504 g/mol. The number of aliphatic hydroxyl groups is 1. The van der Waals surface area contributed by atoms with Crippen molar-refractivity contribution in [3.63, 3.8) is 0 Å². The second-order valence-electron chi connectivity index (χ2n) is 12.0. The van der Waals surface area contributed by atoms with E-state index in [1.807, 2.05) is 0 Å². The molecule has 1 unspecified atom stereocenters. The minimum Gasteiger partial charge on any atom is -1.00 e. The van der Waals surface area contributed by atoms with Gasteiger partial charge in [-0.3, -0.25) is 0 Å². The monoisotopic (exact) mass is 503 g/mol. The summed E-state index contributed by atoms with van der Waals surface area (Å²) in [5.41, 5.74) is 3.10. The molecule has 1 heterocycles. The van der Waals surface area contributed by atoms with Gasteiger partial charge in [0.2, 0.25) is 0 Å². The normalized spacial score (nSPS) is 16.5. The number of ether oxygens (including phenoxy) is 2. The highest BCUT2D eigenvalue weighted by molar-refractivity contribution is 5.31. The maximum atomic E-state index is 10.7. The van der Waals surface area contributed by atoms with Crippen LogP contribution in [0.15, 0.2) is 54.6 Å². The van der Waals surface area contributed by atoms with Crippen molar-refractivity contribution < 1.29 is 31.5 Å². The van der Waals surface area contributed by atoms with E-state index in [1.54, 1.807) is 0 Å². The SMILES string of the molecule is CC(C)(C)CC(C)(C)c1ccc(OCCOCC(O)C[N+]2(Cc3ccccc3)CCCC2)cc1.[Cl-]. The van der Waals surface area contributed by atoms with Crippen molar-refractivity contribution in [2.45, 2.75) is 71.9 Å². The van der Waals surface area contributed by atoms with Crippen LogP contribution in [-0.4, -0.2) is 55.1 Å². The molecular weight excluding hydrogens is 458 g/mol. The molecule has 1 saturated heterocycles. The fourth-order valence-corrected chi connectivity index (χ4v) is 5.75. The number of halogens is 1. The van der Waals surface area contributed by atoms with E-state index >= 15 is 0 Å².